The van der Waals surface area contributed by atoms with Crippen LogP contribution in [-0.4, -0.2) is 66.1 Å². The molecule has 0 aromatic heterocycles. The van der Waals surface area contributed by atoms with Crippen LogP contribution in [0, 0.1) is 0 Å². The zero-order valence-corrected chi connectivity index (χ0v) is 10.8. The van der Waals surface area contributed by atoms with Gasteiger partial charge in [-0.15, -0.1) is 0 Å². The van der Waals surface area contributed by atoms with E-state index >= 15 is 0 Å². The average molecular weight is 268 g/mol. The van der Waals surface area contributed by atoms with Crippen LogP contribution in [0.4, 0.5) is 0 Å². The van der Waals surface area contributed by atoms with Crippen LogP contribution >= 0.6 is 0 Å². The summed E-state index contributed by atoms with van der Waals surface area (Å²) in [4.78, 5) is 0. The summed E-state index contributed by atoms with van der Waals surface area (Å²) < 4.78 is 26.9. The van der Waals surface area contributed by atoms with E-state index in [1.54, 1.807) is 21.3 Å². The molecule has 0 aliphatic carbocycles. The highest BCUT2D eigenvalue weighted by molar-refractivity contribution is 6.62. The van der Waals surface area contributed by atoms with Gasteiger partial charge in [0, 0.05) is 21.3 Å². The zero-order valence-electron chi connectivity index (χ0n) is 9.82. The van der Waals surface area contributed by atoms with Crippen molar-refractivity contribution in [1.82, 2.24) is 0 Å². The molecule has 0 amide bonds. The third-order valence-corrected chi connectivity index (χ3v) is 5.58. The first kappa shape index (κ1) is 16.2. The smallest absolute Gasteiger partial charge is 0.375 e. The van der Waals surface area contributed by atoms with Crippen LogP contribution in [0.3, 0.4) is 0 Å². The Labute approximate surface area is 103 Å². The van der Waals surface area contributed by atoms with E-state index < -0.39 is 8.80 Å². The maximum Gasteiger partial charge on any atom is 0.530 e. The van der Waals surface area contributed by atoms with Gasteiger partial charge in [0.1, 0.15) is 11.8 Å². The molecule has 98 valence electrons. The van der Waals surface area contributed by atoms with Crippen molar-refractivity contribution < 1.29 is 22.8 Å². The molecule has 1 aliphatic heterocycles. The third-order valence-electron chi connectivity index (χ3n) is 2.50. The van der Waals surface area contributed by atoms with Crippen molar-refractivity contribution in [2.45, 2.75) is 25.2 Å². The number of epoxide rings is 1. The molecule has 0 spiro atoms. The molecule has 1 fully saturated rings. The molecule has 0 saturated carbocycles. The lowest BCUT2D eigenvalue weighted by Gasteiger charge is -2.31. The number of hydrogen-bond donors (Lipinski definition) is 0. The van der Waals surface area contributed by atoms with Gasteiger partial charge in [0.25, 0.3) is 0 Å². The highest BCUT2D eigenvalue weighted by atomic mass is 28.4. The van der Waals surface area contributed by atoms with Gasteiger partial charge in [0.15, 0.2) is 0 Å². The van der Waals surface area contributed by atoms with Crippen LogP contribution in [0.2, 0.25) is 0 Å². The Morgan fingerprint density at radius 3 is 2.06 bits per heavy atom. The van der Waals surface area contributed by atoms with Gasteiger partial charge < -0.3 is 22.8 Å². The summed E-state index contributed by atoms with van der Waals surface area (Å²) in [5.74, 6) is 0. The van der Waals surface area contributed by atoms with Crippen LogP contribution in [0.1, 0.15) is 13.3 Å². The second-order valence-electron chi connectivity index (χ2n) is 3.40. The normalized spacial score (nSPS) is 21.4. The van der Waals surface area contributed by atoms with E-state index in [2.05, 4.69) is 0 Å². The number of rotatable bonds is 8. The molecule has 0 radical (unpaired) electrons. The molecular weight excluding hydrogens is 244 g/mol. The van der Waals surface area contributed by atoms with Crippen molar-refractivity contribution >= 4 is 19.8 Å². The molecule has 0 bridgehead atoms. The summed E-state index contributed by atoms with van der Waals surface area (Å²) in [7, 11) is 2.12. The van der Waals surface area contributed by atoms with Crippen molar-refractivity contribution in [2.75, 3.05) is 34.5 Å². The van der Waals surface area contributed by atoms with E-state index in [-0.39, 0.29) is 22.8 Å². The molecule has 1 saturated heterocycles. The Morgan fingerprint density at radius 2 is 1.75 bits per heavy atom. The maximum absolute atomic E-state index is 5.72. The Hall–Kier alpha value is 0.234. The minimum absolute atomic E-state index is 0. The standard InChI is InChI=1S/C9H20O5Si.H4Si/c1-5-9(14-7-8-6-13-8)15(10-2,11-3)12-4;/h8-9H,5-7H2,1-4H3;1H4. The van der Waals surface area contributed by atoms with E-state index in [9.17, 15) is 0 Å². The highest BCUT2D eigenvalue weighted by Gasteiger charge is 2.48. The first-order chi connectivity index (χ1) is 7.22. The van der Waals surface area contributed by atoms with Gasteiger partial charge in [-0.2, -0.15) is 0 Å². The largest absolute Gasteiger partial charge is 0.530 e. The molecule has 16 heavy (non-hydrogen) atoms. The first-order valence-electron chi connectivity index (χ1n) is 5.11. The van der Waals surface area contributed by atoms with E-state index in [0.717, 1.165) is 13.0 Å². The van der Waals surface area contributed by atoms with Crippen molar-refractivity contribution in [3.63, 3.8) is 0 Å². The van der Waals surface area contributed by atoms with Crippen molar-refractivity contribution in [3.05, 3.63) is 0 Å². The summed E-state index contributed by atoms with van der Waals surface area (Å²) in [6.45, 7) is 3.40. The van der Waals surface area contributed by atoms with Crippen molar-refractivity contribution in [1.29, 1.82) is 0 Å². The predicted molar refractivity (Wildman–Crippen MR) is 67.9 cm³/mol. The van der Waals surface area contributed by atoms with E-state index in [1.807, 2.05) is 6.92 Å². The second kappa shape index (κ2) is 7.54. The van der Waals surface area contributed by atoms with Gasteiger partial charge >= 0.3 is 8.80 Å². The highest BCUT2D eigenvalue weighted by Crippen LogP contribution is 2.20. The van der Waals surface area contributed by atoms with Crippen LogP contribution in [-0.2, 0) is 22.8 Å². The Kier molecular flexibility index (Phi) is 7.65. The zero-order chi connectivity index (χ0) is 11.3. The maximum atomic E-state index is 5.72. The van der Waals surface area contributed by atoms with Gasteiger partial charge in [-0.05, 0) is 17.4 Å². The summed E-state index contributed by atoms with van der Waals surface area (Å²) in [5, 5.41) is 0. The Morgan fingerprint density at radius 1 is 1.25 bits per heavy atom. The minimum atomic E-state index is -2.66. The lowest BCUT2D eigenvalue weighted by molar-refractivity contribution is 0.00651. The van der Waals surface area contributed by atoms with E-state index in [4.69, 9.17) is 22.8 Å². The Bertz CT molecular complexity index is 176. The molecule has 0 N–H and O–H groups in total. The lowest BCUT2D eigenvalue weighted by Crippen LogP contribution is -2.55. The molecule has 5 nitrogen and oxygen atoms in total. The minimum Gasteiger partial charge on any atom is -0.375 e. The quantitative estimate of drug-likeness (QED) is 0.424. The molecule has 1 rings (SSSR count). The molecule has 2 unspecified atom stereocenters. The third kappa shape index (κ3) is 3.91. The summed E-state index contributed by atoms with van der Waals surface area (Å²) in [5.41, 5.74) is -0.123. The van der Waals surface area contributed by atoms with Crippen LogP contribution in [0.5, 0.6) is 0 Å². The fourth-order valence-electron chi connectivity index (χ4n) is 1.50. The van der Waals surface area contributed by atoms with E-state index in [0.29, 0.717) is 6.61 Å². The molecule has 0 aromatic rings. The van der Waals surface area contributed by atoms with Gasteiger partial charge in [0.2, 0.25) is 0 Å². The van der Waals surface area contributed by atoms with Crippen LogP contribution < -0.4 is 0 Å². The predicted octanol–water partition coefficient (Wildman–Crippen LogP) is -0.854. The SMILES string of the molecule is CCC(OCC1CO1)[Si](OC)(OC)OC.[SiH4]. The van der Waals surface area contributed by atoms with Crippen LogP contribution in [0.25, 0.3) is 0 Å². The molecule has 1 aliphatic rings. The second-order valence-corrected chi connectivity index (χ2v) is 6.48. The molecule has 2 atom stereocenters. The first-order valence-corrected chi connectivity index (χ1v) is 6.91. The monoisotopic (exact) mass is 268 g/mol. The van der Waals surface area contributed by atoms with Gasteiger partial charge in [-0.3, -0.25) is 0 Å². The summed E-state index contributed by atoms with van der Waals surface area (Å²) in [6, 6.07) is 0. The average Bonchev–Trinajstić information content (AvgIpc) is 3.09. The number of hydrogen-bond acceptors (Lipinski definition) is 5. The summed E-state index contributed by atoms with van der Waals surface area (Å²) >= 11 is 0. The fourth-order valence-corrected chi connectivity index (χ4v) is 3.59. The van der Waals surface area contributed by atoms with Gasteiger partial charge in [0.05, 0.1) is 13.2 Å². The fraction of sp³-hybridized carbons (Fsp3) is 1.00. The topological polar surface area (TPSA) is 49.5 Å². The Balaban J connectivity index is 0.00000225. The molecule has 7 heteroatoms. The van der Waals surface area contributed by atoms with Crippen LogP contribution in [0.15, 0.2) is 0 Å². The summed E-state index contributed by atoms with van der Waals surface area (Å²) in [6.07, 6.45) is 1.05. The van der Waals surface area contributed by atoms with Gasteiger partial charge in [-0.25, -0.2) is 0 Å². The molecular formula is C9H24O5Si2. The van der Waals surface area contributed by atoms with Crippen molar-refractivity contribution in [2.24, 2.45) is 0 Å². The number of ether oxygens (including phenoxy) is 2. The lowest BCUT2D eigenvalue weighted by atomic mass is 10.5. The van der Waals surface area contributed by atoms with Gasteiger partial charge in [-0.1, -0.05) is 6.92 Å². The molecule has 0 aromatic carbocycles. The molecule has 1 heterocycles. The van der Waals surface area contributed by atoms with E-state index in [1.165, 1.54) is 0 Å². The van der Waals surface area contributed by atoms with Crippen molar-refractivity contribution in [3.8, 4) is 0 Å².